The quantitative estimate of drug-likeness (QED) is 0.507. The summed E-state index contributed by atoms with van der Waals surface area (Å²) in [5, 5.41) is 12.3. The molecule has 0 spiro atoms. The molecule has 0 aliphatic carbocycles. The Morgan fingerprint density at radius 2 is 1.83 bits per heavy atom. The van der Waals surface area contributed by atoms with Crippen LogP contribution in [0.15, 0.2) is 34.3 Å². The van der Waals surface area contributed by atoms with Gasteiger partial charge in [0.15, 0.2) is 5.96 Å². The highest BCUT2D eigenvalue weighted by Crippen LogP contribution is 2.23. The summed E-state index contributed by atoms with van der Waals surface area (Å²) >= 11 is 0. The van der Waals surface area contributed by atoms with Crippen molar-refractivity contribution in [3.05, 3.63) is 29.8 Å². The molecule has 0 aromatic heterocycles. The number of nitrogens with two attached hydrogens (primary N) is 1. The maximum atomic E-state index is 13.0. The van der Waals surface area contributed by atoms with E-state index in [4.69, 9.17) is 5.73 Å². The molecule has 3 heterocycles. The van der Waals surface area contributed by atoms with E-state index in [2.05, 4.69) is 38.2 Å². The van der Waals surface area contributed by atoms with Gasteiger partial charge in [0.1, 0.15) is 5.84 Å². The highest BCUT2D eigenvalue weighted by atomic mass is 16.2. The predicted octanol–water partition coefficient (Wildman–Crippen LogP) is 2.38. The fourth-order valence-corrected chi connectivity index (χ4v) is 5.26. The first kappa shape index (κ1) is 25.1. The maximum Gasteiger partial charge on any atom is 0.253 e. The van der Waals surface area contributed by atoms with Gasteiger partial charge in [-0.2, -0.15) is 10.3 Å². The van der Waals surface area contributed by atoms with Crippen LogP contribution in [-0.4, -0.2) is 91.3 Å². The van der Waals surface area contributed by atoms with E-state index in [-0.39, 0.29) is 23.9 Å². The third-order valence-electron chi connectivity index (χ3n) is 7.56. The van der Waals surface area contributed by atoms with Crippen LogP contribution in [0.5, 0.6) is 0 Å². The number of carbonyl (C=O) groups excluding carboxylic acids is 1. The molecule has 4 rings (SSSR count). The van der Waals surface area contributed by atoms with E-state index in [1.807, 2.05) is 36.2 Å². The third kappa shape index (κ3) is 6.38. The Balaban J connectivity index is 1.35. The number of guanidine groups is 1. The van der Waals surface area contributed by atoms with Crippen LogP contribution in [0, 0.1) is 17.2 Å². The van der Waals surface area contributed by atoms with E-state index < -0.39 is 0 Å². The highest BCUT2D eigenvalue weighted by molar-refractivity contribution is 6.04. The Bertz CT molecular complexity index is 966. The molecule has 1 aromatic carbocycles. The van der Waals surface area contributed by atoms with Gasteiger partial charge in [-0.15, -0.1) is 0 Å². The number of nitrogens with one attached hydrogen (secondary N) is 1. The Kier molecular flexibility index (Phi) is 8.37. The molecule has 0 radical (unpaired) electrons. The van der Waals surface area contributed by atoms with E-state index in [1.54, 1.807) is 0 Å². The van der Waals surface area contributed by atoms with Crippen molar-refractivity contribution < 1.29 is 4.79 Å². The van der Waals surface area contributed by atoms with Crippen LogP contribution >= 0.6 is 0 Å². The van der Waals surface area contributed by atoms with Crippen molar-refractivity contribution >= 4 is 23.4 Å². The zero-order chi connectivity index (χ0) is 24.8. The average molecular weight is 479 g/mol. The molecule has 188 valence electrons. The van der Waals surface area contributed by atoms with Gasteiger partial charge in [-0.1, -0.05) is 0 Å². The topological polar surface area (TPSA) is 113 Å². The Morgan fingerprint density at radius 1 is 1.14 bits per heavy atom. The van der Waals surface area contributed by atoms with Crippen molar-refractivity contribution in [2.75, 3.05) is 52.1 Å². The first-order valence-electron chi connectivity index (χ1n) is 12.8. The molecule has 3 N–H and O–H groups in total. The summed E-state index contributed by atoms with van der Waals surface area (Å²) in [4.78, 5) is 28.8. The second-order valence-electron chi connectivity index (χ2n) is 9.99. The number of likely N-dealkylation sites (tertiary alicyclic amines) is 2. The smallest absolute Gasteiger partial charge is 0.253 e. The standard InChI is InChI=1S/C26H38N8O/c1-32-14-11-22(12-15-32)33(2)25(35)20-5-7-21(8-6-20)30-26(28)31-24-23(4-3-13-29-24)34-16-9-19(18-27)10-17-34/h5-8,19,22-23H,3-4,9-17H2,1-2H3,(H3,28,29,30,31). The molecule has 2 fully saturated rings. The van der Waals surface area contributed by atoms with E-state index in [0.29, 0.717) is 11.5 Å². The molecular formula is C26H38N8O. The van der Waals surface area contributed by atoms with Gasteiger partial charge < -0.3 is 20.9 Å². The van der Waals surface area contributed by atoms with Gasteiger partial charge in [-0.05, 0) is 82.9 Å². The number of hydrogen-bond donors (Lipinski definition) is 2. The van der Waals surface area contributed by atoms with Gasteiger partial charge in [-0.25, -0.2) is 0 Å². The number of nitriles is 1. The Hall–Kier alpha value is -2.96. The average Bonchev–Trinajstić information content (AvgIpc) is 2.89. The summed E-state index contributed by atoms with van der Waals surface area (Å²) in [5.41, 5.74) is 7.70. The number of hydrogen-bond acceptors (Lipinski definition) is 6. The van der Waals surface area contributed by atoms with Crippen molar-refractivity contribution in [3.8, 4) is 6.07 Å². The van der Waals surface area contributed by atoms with Crippen LogP contribution in [0.4, 0.5) is 5.69 Å². The van der Waals surface area contributed by atoms with E-state index in [0.717, 1.165) is 82.8 Å². The van der Waals surface area contributed by atoms with E-state index >= 15 is 0 Å². The number of amidine groups is 1. The molecule has 0 bridgehead atoms. The van der Waals surface area contributed by atoms with Gasteiger partial charge in [0, 0.05) is 49.9 Å². The molecule has 1 amide bonds. The number of nitrogens with zero attached hydrogens (tertiary/aromatic N) is 6. The Labute approximate surface area is 208 Å². The van der Waals surface area contributed by atoms with Crippen LogP contribution < -0.4 is 11.1 Å². The lowest BCUT2D eigenvalue weighted by Crippen LogP contribution is -2.47. The molecule has 9 nitrogen and oxygen atoms in total. The molecule has 2 saturated heterocycles. The lowest BCUT2D eigenvalue weighted by Gasteiger charge is -2.37. The molecule has 3 aliphatic heterocycles. The van der Waals surface area contributed by atoms with Crippen LogP contribution in [0.25, 0.3) is 0 Å². The molecule has 3 aliphatic rings. The van der Waals surface area contributed by atoms with Gasteiger partial charge in [0.2, 0.25) is 0 Å². The van der Waals surface area contributed by atoms with E-state index in [1.165, 1.54) is 0 Å². The molecule has 35 heavy (non-hydrogen) atoms. The van der Waals surface area contributed by atoms with Crippen molar-refractivity contribution in [1.29, 1.82) is 5.26 Å². The molecular weight excluding hydrogens is 440 g/mol. The lowest BCUT2D eigenvalue weighted by atomic mass is 9.95. The fourth-order valence-electron chi connectivity index (χ4n) is 5.26. The first-order valence-corrected chi connectivity index (χ1v) is 12.8. The van der Waals surface area contributed by atoms with Crippen molar-refractivity contribution in [1.82, 2.24) is 14.7 Å². The summed E-state index contributed by atoms with van der Waals surface area (Å²) in [5.74, 6) is 1.27. The minimum atomic E-state index is 0.0484. The number of benzene rings is 1. The van der Waals surface area contributed by atoms with Crippen molar-refractivity contribution in [2.24, 2.45) is 21.6 Å². The summed E-state index contributed by atoms with van der Waals surface area (Å²) in [6.07, 6.45) is 5.86. The van der Waals surface area contributed by atoms with Crippen LogP contribution in [-0.2, 0) is 0 Å². The monoisotopic (exact) mass is 478 g/mol. The highest BCUT2D eigenvalue weighted by Gasteiger charge is 2.30. The zero-order valence-corrected chi connectivity index (χ0v) is 21.0. The number of rotatable bonds is 4. The molecule has 1 aromatic rings. The van der Waals surface area contributed by atoms with Gasteiger partial charge in [-0.3, -0.25) is 14.7 Å². The molecule has 1 unspecified atom stereocenters. The maximum absolute atomic E-state index is 13.0. The molecule has 1 atom stereocenters. The normalized spacial score (nSPS) is 23.4. The number of aliphatic imine (C=N–C) groups is 2. The minimum absolute atomic E-state index is 0.0484. The second-order valence-corrected chi connectivity index (χ2v) is 9.99. The molecule has 0 saturated carbocycles. The number of piperidine rings is 2. The number of anilines is 1. The third-order valence-corrected chi connectivity index (χ3v) is 7.56. The second kappa shape index (κ2) is 11.6. The van der Waals surface area contributed by atoms with Crippen LogP contribution in [0.2, 0.25) is 0 Å². The zero-order valence-electron chi connectivity index (χ0n) is 21.0. The first-order chi connectivity index (χ1) is 16.9. The van der Waals surface area contributed by atoms with Crippen molar-refractivity contribution in [2.45, 2.75) is 50.6 Å². The summed E-state index contributed by atoms with van der Waals surface area (Å²) in [6.45, 7) is 4.60. The number of carbonyl (C=O) groups is 1. The fraction of sp³-hybridized carbons (Fsp3) is 0.615. The lowest BCUT2D eigenvalue weighted by molar-refractivity contribution is 0.0659. The predicted molar refractivity (Wildman–Crippen MR) is 140 cm³/mol. The summed E-state index contributed by atoms with van der Waals surface area (Å²) in [7, 11) is 4.03. The van der Waals surface area contributed by atoms with Crippen molar-refractivity contribution in [3.63, 3.8) is 0 Å². The van der Waals surface area contributed by atoms with E-state index in [9.17, 15) is 10.1 Å². The summed E-state index contributed by atoms with van der Waals surface area (Å²) < 4.78 is 0. The minimum Gasteiger partial charge on any atom is -0.369 e. The van der Waals surface area contributed by atoms with Crippen LogP contribution in [0.3, 0.4) is 0 Å². The Morgan fingerprint density at radius 3 is 2.49 bits per heavy atom. The van der Waals surface area contributed by atoms with Crippen LogP contribution in [0.1, 0.15) is 48.9 Å². The summed E-state index contributed by atoms with van der Waals surface area (Å²) in [6, 6.07) is 10.2. The SMILES string of the molecule is CN1CCC(N(C)C(=O)c2ccc(NC(N)=NC3=NCCCC3N3CCC(C#N)CC3)cc2)CC1. The number of amides is 1. The largest absolute Gasteiger partial charge is 0.369 e. The van der Waals surface area contributed by atoms with Gasteiger partial charge in [0.25, 0.3) is 5.91 Å². The molecule has 9 heteroatoms. The van der Waals surface area contributed by atoms with Gasteiger partial charge >= 0.3 is 0 Å². The van der Waals surface area contributed by atoms with Gasteiger partial charge in [0.05, 0.1) is 12.1 Å².